The van der Waals surface area contributed by atoms with Gasteiger partial charge in [-0.05, 0) is 45.8 Å². The molecule has 1 unspecified atom stereocenters. The smallest absolute Gasteiger partial charge is 0.0323 e. The van der Waals surface area contributed by atoms with E-state index in [2.05, 4.69) is 37.6 Å². The number of rotatable bonds is 6. The zero-order valence-corrected chi connectivity index (χ0v) is 11.5. The zero-order valence-electron chi connectivity index (χ0n) is 11.5. The second kappa shape index (κ2) is 5.99. The minimum absolute atomic E-state index is 0.139. The fraction of sp³-hybridized carbons (Fsp3) is 1.00. The number of nitrogens with zero attached hydrogens (tertiary/aromatic N) is 2. The van der Waals surface area contributed by atoms with Gasteiger partial charge in [0.05, 0.1) is 0 Å². The lowest BCUT2D eigenvalue weighted by Crippen LogP contribution is -2.55. The molecule has 1 saturated heterocycles. The summed E-state index contributed by atoms with van der Waals surface area (Å²) in [5.41, 5.74) is 6.08. The van der Waals surface area contributed by atoms with Crippen molar-refractivity contribution in [2.45, 2.75) is 39.2 Å². The van der Waals surface area contributed by atoms with Gasteiger partial charge in [0.15, 0.2) is 0 Å². The van der Waals surface area contributed by atoms with Gasteiger partial charge in [-0.15, -0.1) is 0 Å². The van der Waals surface area contributed by atoms with Gasteiger partial charge >= 0.3 is 0 Å². The Morgan fingerprint density at radius 1 is 1.31 bits per heavy atom. The van der Waals surface area contributed by atoms with Gasteiger partial charge in [0.1, 0.15) is 0 Å². The molecule has 96 valence electrons. The van der Waals surface area contributed by atoms with Crippen LogP contribution in [0.15, 0.2) is 0 Å². The summed E-state index contributed by atoms with van der Waals surface area (Å²) in [7, 11) is 2.21. The number of hydrogen-bond donors (Lipinski definition) is 1. The molecular weight excluding hydrogens is 198 g/mol. The fourth-order valence-corrected chi connectivity index (χ4v) is 2.39. The first-order valence-corrected chi connectivity index (χ1v) is 6.64. The van der Waals surface area contributed by atoms with Crippen LogP contribution < -0.4 is 5.73 Å². The topological polar surface area (TPSA) is 32.5 Å². The SMILES string of the molecule is CC(C)C(C)(CN)N(C)CCN1CCCC1. The van der Waals surface area contributed by atoms with Crippen LogP contribution in [0.1, 0.15) is 33.6 Å². The Labute approximate surface area is 101 Å². The predicted octanol–water partition coefficient (Wildman–Crippen LogP) is 1.39. The van der Waals surface area contributed by atoms with Crippen LogP contribution in [-0.2, 0) is 0 Å². The molecule has 1 rings (SSSR count). The predicted molar refractivity (Wildman–Crippen MR) is 70.6 cm³/mol. The molecule has 3 heteroatoms. The van der Waals surface area contributed by atoms with Crippen molar-refractivity contribution in [3.8, 4) is 0 Å². The summed E-state index contributed by atoms with van der Waals surface area (Å²) in [6.45, 7) is 12.4. The van der Waals surface area contributed by atoms with E-state index in [0.717, 1.165) is 13.1 Å². The summed E-state index contributed by atoms with van der Waals surface area (Å²) >= 11 is 0. The number of nitrogens with two attached hydrogens (primary N) is 1. The van der Waals surface area contributed by atoms with Gasteiger partial charge in [0, 0.05) is 25.2 Å². The third-order valence-corrected chi connectivity index (χ3v) is 4.48. The van der Waals surface area contributed by atoms with Gasteiger partial charge < -0.3 is 10.6 Å². The highest BCUT2D eigenvalue weighted by Crippen LogP contribution is 2.22. The molecule has 0 spiro atoms. The summed E-state index contributed by atoms with van der Waals surface area (Å²) in [6.07, 6.45) is 2.75. The molecular formula is C13H29N3. The van der Waals surface area contributed by atoms with Crippen LogP contribution in [0.3, 0.4) is 0 Å². The van der Waals surface area contributed by atoms with E-state index in [0.29, 0.717) is 5.92 Å². The number of hydrogen-bond acceptors (Lipinski definition) is 3. The van der Waals surface area contributed by atoms with Crippen molar-refractivity contribution in [3.05, 3.63) is 0 Å². The van der Waals surface area contributed by atoms with Gasteiger partial charge in [0.2, 0.25) is 0 Å². The van der Waals surface area contributed by atoms with Gasteiger partial charge in [-0.3, -0.25) is 4.90 Å². The Morgan fingerprint density at radius 3 is 2.31 bits per heavy atom. The van der Waals surface area contributed by atoms with E-state index in [1.54, 1.807) is 0 Å². The third-order valence-electron chi connectivity index (χ3n) is 4.48. The molecule has 0 aromatic heterocycles. The molecule has 0 saturated carbocycles. The first-order chi connectivity index (χ1) is 7.50. The molecule has 3 nitrogen and oxygen atoms in total. The summed E-state index contributed by atoms with van der Waals surface area (Å²) in [4.78, 5) is 5.00. The Kier molecular flexibility index (Phi) is 5.22. The highest BCUT2D eigenvalue weighted by Gasteiger charge is 2.31. The minimum atomic E-state index is 0.139. The Balaban J connectivity index is 2.39. The maximum Gasteiger partial charge on any atom is 0.0323 e. The van der Waals surface area contributed by atoms with Crippen molar-refractivity contribution in [2.75, 3.05) is 39.8 Å². The molecule has 0 radical (unpaired) electrons. The van der Waals surface area contributed by atoms with Crippen LogP contribution in [-0.4, -0.2) is 55.1 Å². The van der Waals surface area contributed by atoms with Crippen molar-refractivity contribution in [1.82, 2.24) is 9.80 Å². The lowest BCUT2D eigenvalue weighted by Gasteiger charge is -2.42. The lowest BCUT2D eigenvalue weighted by atomic mass is 9.87. The molecule has 0 aliphatic carbocycles. The third kappa shape index (κ3) is 3.19. The van der Waals surface area contributed by atoms with Crippen molar-refractivity contribution in [3.63, 3.8) is 0 Å². The van der Waals surface area contributed by atoms with Gasteiger partial charge in [-0.1, -0.05) is 13.8 Å². The maximum atomic E-state index is 5.94. The molecule has 0 bridgehead atoms. The Bertz CT molecular complexity index is 199. The molecule has 1 aliphatic heterocycles. The van der Waals surface area contributed by atoms with Crippen LogP contribution in [0.2, 0.25) is 0 Å². The summed E-state index contributed by atoms with van der Waals surface area (Å²) in [5, 5.41) is 0. The van der Waals surface area contributed by atoms with Gasteiger partial charge in [-0.25, -0.2) is 0 Å². The maximum absolute atomic E-state index is 5.94. The summed E-state index contributed by atoms with van der Waals surface area (Å²) in [5.74, 6) is 0.598. The van der Waals surface area contributed by atoms with E-state index in [1.807, 2.05) is 0 Å². The summed E-state index contributed by atoms with van der Waals surface area (Å²) in [6, 6.07) is 0. The second-order valence-corrected chi connectivity index (χ2v) is 5.69. The zero-order chi connectivity index (χ0) is 12.2. The first-order valence-electron chi connectivity index (χ1n) is 6.64. The van der Waals surface area contributed by atoms with Crippen LogP contribution in [0, 0.1) is 5.92 Å². The minimum Gasteiger partial charge on any atom is -0.329 e. The Morgan fingerprint density at radius 2 is 1.88 bits per heavy atom. The molecule has 1 aliphatic rings. The molecule has 2 N–H and O–H groups in total. The van der Waals surface area contributed by atoms with E-state index in [4.69, 9.17) is 5.73 Å². The van der Waals surface area contributed by atoms with E-state index >= 15 is 0 Å². The second-order valence-electron chi connectivity index (χ2n) is 5.69. The van der Waals surface area contributed by atoms with Crippen molar-refractivity contribution < 1.29 is 0 Å². The average molecular weight is 227 g/mol. The quantitative estimate of drug-likeness (QED) is 0.744. The largest absolute Gasteiger partial charge is 0.329 e. The lowest BCUT2D eigenvalue weighted by molar-refractivity contribution is 0.0850. The van der Waals surface area contributed by atoms with E-state index < -0.39 is 0 Å². The Hall–Kier alpha value is -0.120. The number of likely N-dealkylation sites (tertiary alicyclic amines) is 1. The van der Waals surface area contributed by atoms with Crippen LogP contribution in [0.25, 0.3) is 0 Å². The average Bonchev–Trinajstić information content (AvgIpc) is 2.77. The molecule has 0 amide bonds. The van der Waals surface area contributed by atoms with Crippen LogP contribution >= 0.6 is 0 Å². The molecule has 1 fully saturated rings. The first kappa shape index (κ1) is 13.9. The summed E-state index contributed by atoms with van der Waals surface area (Å²) < 4.78 is 0. The molecule has 0 aromatic carbocycles. The van der Waals surface area contributed by atoms with Crippen molar-refractivity contribution in [2.24, 2.45) is 11.7 Å². The van der Waals surface area contributed by atoms with Crippen LogP contribution in [0.5, 0.6) is 0 Å². The fourth-order valence-electron chi connectivity index (χ4n) is 2.39. The highest BCUT2D eigenvalue weighted by molar-refractivity contribution is 4.89. The van der Waals surface area contributed by atoms with E-state index in [-0.39, 0.29) is 5.54 Å². The van der Waals surface area contributed by atoms with Gasteiger partial charge in [0.25, 0.3) is 0 Å². The van der Waals surface area contributed by atoms with Crippen molar-refractivity contribution in [1.29, 1.82) is 0 Å². The van der Waals surface area contributed by atoms with E-state index in [9.17, 15) is 0 Å². The molecule has 16 heavy (non-hydrogen) atoms. The molecule has 1 atom stereocenters. The monoisotopic (exact) mass is 227 g/mol. The normalized spacial score (nSPS) is 21.9. The highest BCUT2D eigenvalue weighted by atomic mass is 15.2. The van der Waals surface area contributed by atoms with Crippen LogP contribution in [0.4, 0.5) is 0 Å². The molecule has 1 heterocycles. The number of likely N-dealkylation sites (N-methyl/N-ethyl adjacent to an activating group) is 1. The van der Waals surface area contributed by atoms with Crippen molar-refractivity contribution >= 4 is 0 Å². The van der Waals surface area contributed by atoms with E-state index in [1.165, 1.54) is 32.5 Å². The molecule has 0 aromatic rings. The standard InChI is InChI=1S/C13H29N3/c1-12(2)13(3,11-14)15(4)9-10-16-7-5-6-8-16/h12H,5-11,14H2,1-4H3. The van der Waals surface area contributed by atoms with Gasteiger partial charge in [-0.2, -0.15) is 0 Å².